The number of methoxy groups -OCH3 is 1. The highest BCUT2D eigenvalue weighted by Gasteiger charge is 2.29. The molecule has 1 aliphatic heterocycles. The summed E-state index contributed by atoms with van der Waals surface area (Å²) in [5, 5.41) is 11.9. The number of hydrogen-bond donors (Lipinski definition) is 2. The third kappa shape index (κ3) is 5.25. The lowest BCUT2D eigenvalue weighted by Crippen LogP contribution is -2.40. The van der Waals surface area contributed by atoms with E-state index in [2.05, 4.69) is 5.32 Å². The highest BCUT2D eigenvalue weighted by molar-refractivity contribution is 7.88. The van der Waals surface area contributed by atoms with Gasteiger partial charge >= 0.3 is 5.97 Å². The van der Waals surface area contributed by atoms with Crippen molar-refractivity contribution >= 4 is 27.6 Å². The molecule has 1 aromatic carbocycles. The molecule has 1 saturated heterocycles. The molecule has 0 aliphatic carbocycles. The summed E-state index contributed by atoms with van der Waals surface area (Å²) in [7, 11) is -1.74. The first-order chi connectivity index (χ1) is 11.7. The Morgan fingerprint density at radius 2 is 1.92 bits per heavy atom. The molecule has 9 heteroatoms. The van der Waals surface area contributed by atoms with Crippen LogP contribution in [0.15, 0.2) is 18.2 Å². The summed E-state index contributed by atoms with van der Waals surface area (Å²) in [4.78, 5) is 23.6. The maximum atomic E-state index is 12.4. The lowest BCUT2D eigenvalue weighted by Gasteiger charge is -2.29. The van der Waals surface area contributed by atoms with Crippen molar-refractivity contribution in [1.82, 2.24) is 4.31 Å². The molecule has 1 heterocycles. The van der Waals surface area contributed by atoms with Crippen LogP contribution in [-0.2, 0) is 26.2 Å². The van der Waals surface area contributed by atoms with E-state index in [9.17, 15) is 23.1 Å². The molecule has 2 rings (SSSR count). The van der Waals surface area contributed by atoms with E-state index < -0.39 is 16.0 Å². The van der Waals surface area contributed by atoms with Crippen molar-refractivity contribution in [2.45, 2.75) is 19.4 Å². The fourth-order valence-electron chi connectivity index (χ4n) is 2.83. The fraction of sp³-hybridized carbons (Fsp3) is 0.500. The number of rotatable bonds is 6. The van der Waals surface area contributed by atoms with Crippen LogP contribution in [-0.4, -0.2) is 56.2 Å². The fourth-order valence-corrected chi connectivity index (χ4v) is 3.71. The molecule has 0 radical (unpaired) electrons. The van der Waals surface area contributed by atoms with Crippen molar-refractivity contribution in [3.8, 4) is 0 Å². The monoisotopic (exact) mass is 370 g/mol. The molecular formula is C16H22N2O6S. The smallest absolute Gasteiger partial charge is 0.335 e. The highest BCUT2D eigenvalue weighted by Crippen LogP contribution is 2.22. The van der Waals surface area contributed by atoms with Gasteiger partial charge in [-0.3, -0.25) is 4.79 Å². The summed E-state index contributed by atoms with van der Waals surface area (Å²) in [6.45, 7) is 0.846. The number of carboxylic acids is 1. The van der Waals surface area contributed by atoms with Crippen molar-refractivity contribution < 1.29 is 27.9 Å². The Morgan fingerprint density at radius 3 is 2.44 bits per heavy atom. The molecule has 0 bridgehead atoms. The number of amides is 1. The van der Waals surface area contributed by atoms with Crippen LogP contribution < -0.4 is 5.32 Å². The Morgan fingerprint density at radius 1 is 1.28 bits per heavy atom. The Kier molecular flexibility index (Phi) is 6.15. The topological polar surface area (TPSA) is 113 Å². The zero-order chi connectivity index (χ0) is 18.6. The van der Waals surface area contributed by atoms with Crippen LogP contribution in [0.2, 0.25) is 0 Å². The Bertz CT molecular complexity index is 754. The quantitative estimate of drug-likeness (QED) is 0.776. The molecule has 1 amide bonds. The summed E-state index contributed by atoms with van der Waals surface area (Å²) < 4.78 is 29.4. The molecule has 0 atom stereocenters. The standard InChI is InChI=1S/C16H22N2O6S/c1-24-10-11-7-13(16(20)21)9-14(8-11)17-15(19)12-3-5-18(6-4-12)25(2,22)23/h7-9,12H,3-6,10H2,1-2H3,(H,17,19)(H,20,21). The minimum Gasteiger partial charge on any atom is -0.478 e. The lowest BCUT2D eigenvalue weighted by atomic mass is 9.97. The van der Waals surface area contributed by atoms with Gasteiger partial charge in [-0.1, -0.05) is 0 Å². The maximum Gasteiger partial charge on any atom is 0.335 e. The Hall–Kier alpha value is -1.97. The number of aromatic carboxylic acids is 1. The minimum absolute atomic E-state index is 0.0664. The van der Waals surface area contributed by atoms with Gasteiger partial charge in [-0.05, 0) is 36.6 Å². The second-order valence-electron chi connectivity index (χ2n) is 6.08. The van der Waals surface area contributed by atoms with Crippen LogP contribution >= 0.6 is 0 Å². The second kappa shape index (κ2) is 7.94. The summed E-state index contributed by atoms with van der Waals surface area (Å²) in [6, 6.07) is 4.55. The average molecular weight is 370 g/mol. The number of nitrogens with zero attached hydrogens (tertiary/aromatic N) is 1. The molecule has 1 aliphatic rings. The molecule has 1 fully saturated rings. The number of carbonyl (C=O) groups excluding carboxylic acids is 1. The predicted molar refractivity (Wildman–Crippen MR) is 91.9 cm³/mol. The molecular weight excluding hydrogens is 348 g/mol. The van der Waals surface area contributed by atoms with Gasteiger partial charge in [-0.2, -0.15) is 0 Å². The first kappa shape index (κ1) is 19.4. The normalized spacial score (nSPS) is 16.6. The molecule has 0 unspecified atom stereocenters. The van der Waals surface area contributed by atoms with E-state index in [4.69, 9.17) is 4.74 Å². The van der Waals surface area contributed by atoms with Crippen molar-refractivity contribution in [2.75, 3.05) is 31.8 Å². The van der Waals surface area contributed by atoms with Crippen LogP contribution in [0.1, 0.15) is 28.8 Å². The molecule has 2 N–H and O–H groups in total. The lowest BCUT2D eigenvalue weighted by molar-refractivity contribution is -0.120. The van der Waals surface area contributed by atoms with Crippen LogP contribution in [0.3, 0.4) is 0 Å². The zero-order valence-electron chi connectivity index (χ0n) is 14.2. The van der Waals surface area contributed by atoms with Crippen LogP contribution in [0.5, 0.6) is 0 Å². The third-order valence-electron chi connectivity index (χ3n) is 4.11. The highest BCUT2D eigenvalue weighted by atomic mass is 32.2. The zero-order valence-corrected chi connectivity index (χ0v) is 15.0. The largest absolute Gasteiger partial charge is 0.478 e. The number of piperidine rings is 1. The summed E-state index contributed by atoms with van der Waals surface area (Å²) >= 11 is 0. The number of nitrogens with one attached hydrogen (secondary N) is 1. The van der Waals surface area contributed by atoms with Gasteiger partial charge in [-0.15, -0.1) is 0 Å². The van der Waals surface area contributed by atoms with Crippen molar-refractivity contribution in [3.63, 3.8) is 0 Å². The van der Waals surface area contributed by atoms with Gasteiger partial charge in [0, 0.05) is 31.8 Å². The molecule has 0 saturated carbocycles. The first-order valence-electron chi connectivity index (χ1n) is 7.83. The number of benzene rings is 1. The number of carbonyl (C=O) groups is 2. The summed E-state index contributed by atoms with van der Waals surface area (Å²) in [5.41, 5.74) is 1.10. The Balaban J connectivity index is 2.06. The van der Waals surface area contributed by atoms with Crippen molar-refractivity contribution in [2.24, 2.45) is 5.92 Å². The molecule has 1 aromatic rings. The maximum absolute atomic E-state index is 12.4. The van der Waals surface area contributed by atoms with Gasteiger partial charge in [0.05, 0.1) is 18.4 Å². The third-order valence-corrected chi connectivity index (χ3v) is 5.42. The van der Waals surface area contributed by atoms with E-state index in [1.165, 1.54) is 23.5 Å². The molecule has 8 nitrogen and oxygen atoms in total. The number of carboxylic acid groups (broad SMARTS) is 1. The van der Waals surface area contributed by atoms with Crippen LogP contribution in [0.4, 0.5) is 5.69 Å². The number of hydrogen-bond acceptors (Lipinski definition) is 5. The van der Waals surface area contributed by atoms with Gasteiger partial charge in [-0.25, -0.2) is 17.5 Å². The van der Waals surface area contributed by atoms with E-state index in [0.717, 1.165) is 6.26 Å². The van der Waals surface area contributed by atoms with E-state index in [1.54, 1.807) is 6.07 Å². The van der Waals surface area contributed by atoms with Gasteiger partial charge in [0.2, 0.25) is 15.9 Å². The van der Waals surface area contributed by atoms with E-state index in [0.29, 0.717) is 37.2 Å². The van der Waals surface area contributed by atoms with Gasteiger partial charge in [0.25, 0.3) is 0 Å². The summed E-state index contributed by atoms with van der Waals surface area (Å²) in [6.07, 6.45) is 2.02. The van der Waals surface area contributed by atoms with Gasteiger partial charge < -0.3 is 15.2 Å². The SMILES string of the molecule is COCc1cc(NC(=O)C2CCN(S(C)(=O)=O)CC2)cc(C(=O)O)c1. The molecule has 138 valence electrons. The number of ether oxygens (including phenoxy) is 1. The van der Waals surface area contributed by atoms with E-state index in [-0.39, 0.29) is 24.0 Å². The molecule has 0 spiro atoms. The van der Waals surface area contributed by atoms with Gasteiger partial charge in [0.15, 0.2) is 0 Å². The number of sulfonamides is 1. The average Bonchev–Trinajstić information content (AvgIpc) is 2.54. The minimum atomic E-state index is -3.24. The Labute approximate surface area is 146 Å². The van der Waals surface area contributed by atoms with E-state index >= 15 is 0 Å². The van der Waals surface area contributed by atoms with Gasteiger partial charge in [0.1, 0.15) is 0 Å². The predicted octanol–water partition coefficient (Wildman–Crippen LogP) is 1.14. The van der Waals surface area contributed by atoms with Crippen LogP contribution in [0.25, 0.3) is 0 Å². The van der Waals surface area contributed by atoms with Crippen LogP contribution in [0, 0.1) is 5.92 Å². The van der Waals surface area contributed by atoms with E-state index in [1.807, 2.05) is 0 Å². The molecule has 25 heavy (non-hydrogen) atoms. The summed E-state index contributed by atoms with van der Waals surface area (Å²) in [5.74, 6) is -1.63. The van der Waals surface area contributed by atoms with Crippen molar-refractivity contribution in [1.29, 1.82) is 0 Å². The molecule has 0 aromatic heterocycles. The van der Waals surface area contributed by atoms with Crippen molar-refractivity contribution in [3.05, 3.63) is 29.3 Å². The number of anilines is 1. The first-order valence-corrected chi connectivity index (χ1v) is 9.67. The second-order valence-corrected chi connectivity index (χ2v) is 8.06.